The van der Waals surface area contributed by atoms with E-state index in [0.717, 1.165) is 37.2 Å². The highest BCUT2D eigenvalue weighted by molar-refractivity contribution is 7.80. The second-order valence-corrected chi connectivity index (χ2v) is 4.64. The van der Waals surface area contributed by atoms with Crippen molar-refractivity contribution in [2.45, 2.75) is 31.7 Å². The van der Waals surface area contributed by atoms with Crippen LogP contribution in [-0.2, 0) is 0 Å². The Morgan fingerprint density at radius 1 is 1.21 bits per heavy atom. The van der Waals surface area contributed by atoms with Crippen molar-refractivity contribution >= 4 is 25.0 Å². The van der Waals surface area contributed by atoms with Gasteiger partial charge in [-0.3, -0.25) is 0 Å². The lowest BCUT2D eigenvalue weighted by molar-refractivity contribution is 0.304. The van der Waals surface area contributed by atoms with Crippen LogP contribution in [0.15, 0.2) is 24.3 Å². The van der Waals surface area contributed by atoms with Crippen molar-refractivity contribution in [1.29, 1.82) is 5.26 Å². The normalized spacial score (nSPS) is 11.2. The SMILES string of the molecule is Cl.N#Cc1ccc(OCCCCCC(N)CS)cc1. The maximum atomic E-state index is 8.66. The van der Waals surface area contributed by atoms with Gasteiger partial charge in [-0.1, -0.05) is 12.8 Å². The molecule has 3 nitrogen and oxygen atoms in total. The number of hydrogen-bond acceptors (Lipinski definition) is 4. The Morgan fingerprint density at radius 2 is 1.89 bits per heavy atom. The molecule has 0 fully saturated rings. The molecule has 106 valence electrons. The summed E-state index contributed by atoms with van der Waals surface area (Å²) >= 11 is 4.15. The summed E-state index contributed by atoms with van der Waals surface area (Å²) in [6.07, 6.45) is 4.30. The minimum absolute atomic E-state index is 0. The van der Waals surface area contributed by atoms with Crippen LogP contribution >= 0.6 is 25.0 Å². The van der Waals surface area contributed by atoms with E-state index in [-0.39, 0.29) is 18.4 Å². The molecule has 2 N–H and O–H groups in total. The number of rotatable bonds is 8. The molecule has 0 aromatic heterocycles. The van der Waals surface area contributed by atoms with Crippen molar-refractivity contribution in [2.24, 2.45) is 5.73 Å². The number of nitrogens with two attached hydrogens (primary N) is 1. The summed E-state index contributed by atoms with van der Waals surface area (Å²) in [4.78, 5) is 0. The summed E-state index contributed by atoms with van der Waals surface area (Å²) in [5.41, 5.74) is 6.43. The predicted octanol–water partition coefficient (Wildman–Crippen LogP) is 3.18. The van der Waals surface area contributed by atoms with E-state index in [1.54, 1.807) is 12.1 Å². The average Bonchev–Trinajstić information content (AvgIpc) is 2.43. The summed E-state index contributed by atoms with van der Waals surface area (Å²) < 4.78 is 5.58. The molecular weight excluding hydrogens is 280 g/mol. The molecular formula is C14H21ClN2OS. The van der Waals surface area contributed by atoms with E-state index in [4.69, 9.17) is 15.7 Å². The van der Waals surface area contributed by atoms with E-state index in [9.17, 15) is 0 Å². The van der Waals surface area contributed by atoms with Gasteiger partial charge in [0.05, 0.1) is 18.2 Å². The molecule has 1 rings (SSSR count). The number of benzene rings is 1. The Hall–Kier alpha value is -0.890. The van der Waals surface area contributed by atoms with E-state index < -0.39 is 0 Å². The minimum Gasteiger partial charge on any atom is -0.494 e. The van der Waals surface area contributed by atoms with Crippen molar-refractivity contribution < 1.29 is 4.74 Å². The van der Waals surface area contributed by atoms with Crippen LogP contribution in [0.1, 0.15) is 31.2 Å². The number of hydrogen-bond donors (Lipinski definition) is 2. The third kappa shape index (κ3) is 7.99. The summed E-state index contributed by atoms with van der Waals surface area (Å²) in [7, 11) is 0. The minimum atomic E-state index is 0. The van der Waals surface area contributed by atoms with Crippen LogP contribution in [0.25, 0.3) is 0 Å². The molecule has 0 saturated heterocycles. The fourth-order valence-corrected chi connectivity index (χ4v) is 1.77. The van der Waals surface area contributed by atoms with Gasteiger partial charge in [0.25, 0.3) is 0 Å². The van der Waals surface area contributed by atoms with Crippen LogP contribution in [0.2, 0.25) is 0 Å². The van der Waals surface area contributed by atoms with E-state index in [2.05, 4.69) is 18.7 Å². The van der Waals surface area contributed by atoms with Gasteiger partial charge in [-0.15, -0.1) is 12.4 Å². The van der Waals surface area contributed by atoms with Crippen LogP contribution in [0.5, 0.6) is 5.75 Å². The molecule has 0 heterocycles. The quantitative estimate of drug-likeness (QED) is 0.572. The monoisotopic (exact) mass is 300 g/mol. The lowest BCUT2D eigenvalue weighted by atomic mass is 10.1. The Kier molecular flexibility index (Phi) is 10.5. The van der Waals surface area contributed by atoms with E-state index in [1.165, 1.54) is 0 Å². The zero-order valence-electron chi connectivity index (χ0n) is 10.9. The summed E-state index contributed by atoms with van der Waals surface area (Å²) in [6, 6.07) is 9.48. The van der Waals surface area contributed by atoms with Gasteiger partial charge in [-0.2, -0.15) is 17.9 Å². The Labute approximate surface area is 127 Å². The lowest BCUT2D eigenvalue weighted by Crippen LogP contribution is -2.21. The molecule has 0 saturated carbocycles. The lowest BCUT2D eigenvalue weighted by Gasteiger charge is -2.08. The maximum absolute atomic E-state index is 8.66. The average molecular weight is 301 g/mol. The first kappa shape index (κ1) is 18.1. The van der Waals surface area contributed by atoms with Gasteiger partial charge in [0.15, 0.2) is 0 Å². The molecule has 1 atom stereocenters. The number of thiol groups is 1. The van der Waals surface area contributed by atoms with Gasteiger partial charge < -0.3 is 10.5 Å². The molecule has 0 amide bonds. The van der Waals surface area contributed by atoms with Gasteiger partial charge in [0.2, 0.25) is 0 Å². The Balaban J connectivity index is 0.00000324. The molecule has 19 heavy (non-hydrogen) atoms. The van der Waals surface area contributed by atoms with Gasteiger partial charge in [-0.25, -0.2) is 0 Å². The molecule has 5 heteroatoms. The third-order valence-corrected chi connectivity index (χ3v) is 3.17. The number of nitriles is 1. The Morgan fingerprint density at radius 3 is 2.47 bits per heavy atom. The summed E-state index contributed by atoms with van der Waals surface area (Å²) in [5, 5.41) is 8.66. The second kappa shape index (κ2) is 11.0. The number of nitrogens with zero attached hydrogens (tertiary/aromatic N) is 1. The van der Waals surface area contributed by atoms with Crippen LogP contribution in [0.3, 0.4) is 0 Å². The fraction of sp³-hybridized carbons (Fsp3) is 0.500. The van der Waals surface area contributed by atoms with E-state index >= 15 is 0 Å². The van der Waals surface area contributed by atoms with Crippen LogP contribution in [0.4, 0.5) is 0 Å². The first-order valence-corrected chi connectivity index (χ1v) is 6.89. The molecule has 0 aliphatic rings. The molecule has 0 aliphatic heterocycles. The maximum Gasteiger partial charge on any atom is 0.119 e. The van der Waals surface area contributed by atoms with Gasteiger partial charge >= 0.3 is 0 Å². The molecule has 0 aliphatic carbocycles. The molecule has 0 radical (unpaired) electrons. The number of unbranched alkanes of at least 4 members (excludes halogenated alkanes) is 2. The molecule has 1 aromatic carbocycles. The largest absolute Gasteiger partial charge is 0.494 e. The predicted molar refractivity (Wildman–Crippen MR) is 84.2 cm³/mol. The van der Waals surface area contributed by atoms with Crippen molar-refractivity contribution in [1.82, 2.24) is 0 Å². The van der Waals surface area contributed by atoms with Crippen molar-refractivity contribution in [3.05, 3.63) is 29.8 Å². The van der Waals surface area contributed by atoms with Crippen molar-refractivity contribution in [2.75, 3.05) is 12.4 Å². The van der Waals surface area contributed by atoms with Gasteiger partial charge in [-0.05, 0) is 37.1 Å². The second-order valence-electron chi connectivity index (χ2n) is 4.28. The summed E-state index contributed by atoms with van der Waals surface area (Å²) in [6.45, 7) is 0.710. The first-order chi connectivity index (χ1) is 8.76. The fourth-order valence-electron chi connectivity index (χ4n) is 1.59. The van der Waals surface area contributed by atoms with Crippen molar-refractivity contribution in [3.8, 4) is 11.8 Å². The highest BCUT2D eigenvalue weighted by Gasteiger charge is 1.99. The first-order valence-electron chi connectivity index (χ1n) is 6.25. The standard InChI is InChI=1S/C14H20N2OS.ClH/c15-10-12-5-7-14(8-6-12)17-9-3-1-2-4-13(16)11-18;/h5-8,13,18H,1-4,9,11,16H2;1H. The van der Waals surface area contributed by atoms with Gasteiger partial charge in [0, 0.05) is 11.8 Å². The molecule has 1 aromatic rings. The summed E-state index contributed by atoms with van der Waals surface area (Å²) in [5.74, 6) is 1.57. The van der Waals surface area contributed by atoms with Crippen molar-refractivity contribution in [3.63, 3.8) is 0 Å². The number of halogens is 1. The van der Waals surface area contributed by atoms with E-state index in [0.29, 0.717) is 12.2 Å². The zero-order chi connectivity index (χ0) is 13.2. The van der Waals surface area contributed by atoms with E-state index in [1.807, 2.05) is 12.1 Å². The van der Waals surface area contributed by atoms with Crippen LogP contribution < -0.4 is 10.5 Å². The third-order valence-electron chi connectivity index (χ3n) is 2.71. The zero-order valence-corrected chi connectivity index (χ0v) is 12.6. The van der Waals surface area contributed by atoms with Crippen LogP contribution in [0, 0.1) is 11.3 Å². The molecule has 0 bridgehead atoms. The molecule has 1 unspecified atom stereocenters. The van der Waals surface area contributed by atoms with Crippen LogP contribution in [-0.4, -0.2) is 18.4 Å². The topological polar surface area (TPSA) is 59.0 Å². The number of ether oxygens (including phenoxy) is 1. The highest BCUT2D eigenvalue weighted by Crippen LogP contribution is 2.12. The Bertz CT molecular complexity index is 378. The molecule has 0 spiro atoms. The van der Waals surface area contributed by atoms with Gasteiger partial charge in [0.1, 0.15) is 5.75 Å². The smallest absolute Gasteiger partial charge is 0.119 e. The highest BCUT2D eigenvalue weighted by atomic mass is 35.5.